The summed E-state index contributed by atoms with van der Waals surface area (Å²) in [6, 6.07) is 0. The molecule has 1 aliphatic carbocycles. The molecule has 1 aliphatic rings. The molecule has 0 aromatic carbocycles. The maximum Gasteiger partial charge on any atom is 0.126 e. The third-order valence-electron chi connectivity index (χ3n) is 1.76. The molecule has 9 heavy (non-hydrogen) atoms. The second-order valence-electron chi connectivity index (χ2n) is 2.33. The van der Waals surface area contributed by atoms with Crippen molar-refractivity contribution in [1.82, 2.24) is 10.2 Å². The van der Waals surface area contributed by atoms with Crippen LogP contribution >= 0.6 is 22.6 Å². The first-order chi connectivity index (χ1) is 4.38. The number of nitrogens with zero attached hydrogens (tertiary/aromatic N) is 1. The van der Waals surface area contributed by atoms with E-state index in [9.17, 15) is 0 Å². The van der Waals surface area contributed by atoms with E-state index in [2.05, 4.69) is 32.8 Å². The summed E-state index contributed by atoms with van der Waals surface area (Å²) in [6.45, 7) is 0. The van der Waals surface area contributed by atoms with E-state index in [4.69, 9.17) is 0 Å². The molecule has 2 nitrogen and oxygen atoms in total. The molecular weight excluding hydrogens is 227 g/mol. The van der Waals surface area contributed by atoms with Gasteiger partial charge in [-0.15, -0.1) is 0 Å². The second kappa shape index (κ2) is 1.97. The Morgan fingerprint density at radius 1 is 1.44 bits per heavy atom. The van der Waals surface area contributed by atoms with Crippen molar-refractivity contribution in [2.24, 2.45) is 0 Å². The number of aromatic amines is 1. The van der Waals surface area contributed by atoms with Gasteiger partial charge in [-0.05, 0) is 41.9 Å². The molecule has 0 amide bonds. The molecule has 0 unspecified atom stereocenters. The Balaban J connectivity index is 2.56. The van der Waals surface area contributed by atoms with E-state index in [1.807, 2.05) is 0 Å². The standard InChI is InChI=1S/C6H7IN2/c7-6-4-2-1-3-5(4)8-9-6/h1-3H2,(H,8,9). The summed E-state index contributed by atoms with van der Waals surface area (Å²) in [5.41, 5.74) is 2.81. The SMILES string of the molecule is Ic1n[nH]c2c1CCC2. The molecule has 0 bridgehead atoms. The minimum Gasteiger partial charge on any atom is -0.281 e. The highest BCUT2D eigenvalue weighted by Crippen LogP contribution is 2.23. The fourth-order valence-electron chi connectivity index (χ4n) is 1.28. The topological polar surface area (TPSA) is 28.7 Å². The molecule has 0 aliphatic heterocycles. The third kappa shape index (κ3) is 0.781. The van der Waals surface area contributed by atoms with Crippen LogP contribution in [-0.4, -0.2) is 10.2 Å². The van der Waals surface area contributed by atoms with Gasteiger partial charge in [0.2, 0.25) is 0 Å². The summed E-state index contributed by atoms with van der Waals surface area (Å²) in [5, 5.41) is 7.13. The summed E-state index contributed by atoms with van der Waals surface area (Å²) in [7, 11) is 0. The summed E-state index contributed by atoms with van der Waals surface area (Å²) in [5.74, 6) is 0. The number of aromatic nitrogens is 2. The number of aryl methyl sites for hydroxylation is 1. The van der Waals surface area contributed by atoms with Gasteiger partial charge in [0.1, 0.15) is 3.70 Å². The predicted octanol–water partition coefficient (Wildman–Crippen LogP) is 1.50. The Bertz CT molecular complexity index is 229. The number of hydrogen-bond donors (Lipinski definition) is 1. The third-order valence-corrected chi connectivity index (χ3v) is 2.65. The monoisotopic (exact) mass is 234 g/mol. The van der Waals surface area contributed by atoms with Crippen LogP contribution in [0.3, 0.4) is 0 Å². The summed E-state index contributed by atoms with van der Waals surface area (Å²) in [4.78, 5) is 0. The molecule has 0 saturated heterocycles. The first-order valence-electron chi connectivity index (χ1n) is 3.09. The number of nitrogens with one attached hydrogen (secondary N) is 1. The Kier molecular flexibility index (Phi) is 1.25. The van der Waals surface area contributed by atoms with Crippen molar-refractivity contribution in [3.63, 3.8) is 0 Å². The molecular formula is C6H7IN2. The molecule has 2 rings (SSSR count). The molecule has 0 atom stereocenters. The largest absolute Gasteiger partial charge is 0.281 e. The van der Waals surface area contributed by atoms with E-state index in [1.54, 1.807) is 0 Å². The van der Waals surface area contributed by atoms with E-state index in [-0.39, 0.29) is 0 Å². The second-order valence-corrected chi connectivity index (χ2v) is 3.35. The Morgan fingerprint density at radius 3 is 3.11 bits per heavy atom. The Labute approximate surface area is 67.2 Å². The zero-order valence-corrected chi connectivity index (χ0v) is 7.10. The molecule has 0 saturated carbocycles. The molecule has 1 heterocycles. The molecule has 1 N–H and O–H groups in total. The quantitative estimate of drug-likeness (QED) is 0.677. The van der Waals surface area contributed by atoms with Gasteiger partial charge in [0.15, 0.2) is 0 Å². The summed E-state index contributed by atoms with van der Waals surface area (Å²) >= 11 is 2.28. The van der Waals surface area contributed by atoms with Crippen molar-refractivity contribution >= 4 is 22.6 Å². The maximum atomic E-state index is 4.10. The van der Waals surface area contributed by atoms with Crippen LogP contribution in [0.4, 0.5) is 0 Å². The number of rotatable bonds is 0. The zero-order valence-electron chi connectivity index (χ0n) is 4.95. The highest BCUT2D eigenvalue weighted by atomic mass is 127. The van der Waals surface area contributed by atoms with Crippen LogP contribution in [0.2, 0.25) is 0 Å². The van der Waals surface area contributed by atoms with Crippen molar-refractivity contribution in [2.45, 2.75) is 19.3 Å². The molecule has 1 aromatic rings. The first kappa shape index (κ1) is 5.70. The molecule has 3 heteroatoms. The molecule has 0 radical (unpaired) electrons. The van der Waals surface area contributed by atoms with Crippen LogP contribution < -0.4 is 0 Å². The van der Waals surface area contributed by atoms with Crippen LogP contribution in [0.1, 0.15) is 17.7 Å². The van der Waals surface area contributed by atoms with Gasteiger partial charge < -0.3 is 0 Å². The van der Waals surface area contributed by atoms with Crippen LogP contribution in [0.25, 0.3) is 0 Å². The van der Waals surface area contributed by atoms with Crippen molar-refractivity contribution in [2.75, 3.05) is 0 Å². The molecule has 0 fully saturated rings. The lowest BCUT2D eigenvalue weighted by molar-refractivity contribution is 0.858. The molecule has 1 aromatic heterocycles. The van der Waals surface area contributed by atoms with Crippen LogP contribution in [-0.2, 0) is 12.8 Å². The summed E-state index contributed by atoms with van der Waals surface area (Å²) in [6.07, 6.45) is 3.73. The lowest BCUT2D eigenvalue weighted by Crippen LogP contribution is -1.78. The van der Waals surface area contributed by atoms with E-state index in [0.29, 0.717) is 0 Å². The van der Waals surface area contributed by atoms with E-state index >= 15 is 0 Å². The van der Waals surface area contributed by atoms with Crippen LogP contribution in [0, 0.1) is 3.70 Å². The van der Waals surface area contributed by atoms with Crippen molar-refractivity contribution in [3.05, 3.63) is 15.0 Å². The zero-order chi connectivity index (χ0) is 6.27. The van der Waals surface area contributed by atoms with E-state index in [0.717, 1.165) is 0 Å². The summed E-state index contributed by atoms with van der Waals surface area (Å²) < 4.78 is 1.17. The lowest BCUT2D eigenvalue weighted by Gasteiger charge is -1.83. The van der Waals surface area contributed by atoms with E-state index < -0.39 is 0 Å². The highest BCUT2D eigenvalue weighted by Gasteiger charge is 2.15. The first-order valence-corrected chi connectivity index (χ1v) is 4.17. The number of halogens is 1. The molecule has 0 spiro atoms. The Morgan fingerprint density at radius 2 is 2.33 bits per heavy atom. The normalized spacial score (nSPS) is 16.1. The lowest BCUT2D eigenvalue weighted by atomic mass is 10.3. The number of hydrogen-bond acceptors (Lipinski definition) is 1. The fourth-order valence-corrected chi connectivity index (χ4v) is 1.99. The smallest absolute Gasteiger partial charge is 0.126 e. The number of H-pyrrole nitrogens is 1. The van der Waals surface area contributed by atoms with Gasteiger partial charge in [-0.25, -0.2) is 0 Å². The van der Waals surface area contributed by atoms with Gasteiger partial charge >= 0.3 is 0 Å². The molecule has 48 valence electrons. The van der Waals surface area contributed by atoms with Crippen molar-refractivity contribution in [1.29, 1.82) is 0 Å². The minimum absolute atomic E-state index is 1.17. The van der Waals surface area contributed by atoms with Gasteiger partial charge in [-0.3, -0.25) is 5.10 Å². The van der Waals surface area contributed by atoms with Gasteiger partial charge in [-0.2, -0.15) is 5.10 Å². The highest BCUT2D eigenvalue weighted by molar-refractivity contribution is 14.1. The van der Waals surface area contributed by atoms with Gasteiger partial charge in [0.25, 0.3) is 0 Å². The van der Waals surface area contributed by atoms with Crippen LogP contribution in [0.15, 0.2) is 0 Å². The predicted molar refractivity (Wildman–Crippen MR) is 43.3 cm³/mol. The van der Waals surface area contributed by atoms with Crippen LogP contribution in [0.5, 0.6) is 0 Å². The minimum atomic E-state index is 1.17. The average molecular weight is 234 g/mol. The number of fused-ring (bicyclic) bond motifs is 1. The van der Waals surface area contributed by atoms with Crippen molar-refractivity contribution < 1.29 is 0 Å². The fraction of sp³-hybridized carbons (Fsp3) is 0.500. The van der Waals surface area contributed by atoms with E-state index in [1.165, 1.54) is 34.2 Å². The Hall–Kier alpha value is -0.0600. The van der Waals surface area contributed by atoms with Crippen molar-refractivity contribution in [3.8, 4) is 0 Å². The van der Waals surface area contributed by atoms with Gasteiger partial charge in [0.05, 0.1) is 0 Å². The average Bonchev–Trinajstić information content (AvgIpc) is 2.35. The van der Waals surface area contributed by atoms with Gasteiger partial charge in [0, 0.05) is 11.3 Å². The van der Waals surface area contributed by atoms with Gasteiger partial charge in [-0.1, -0.05) is 0 Å². The maximum absolute atomic E-state index is 4.10.